The van der Waals surface area contributed by atoms with Gasteiger partial charge in [0.05, 0.1) is 11.6 Å². The molecule has 0 saturated carbocycles. The van der Waals surface area contributed by atoms with Crippen LogP contribution in [-0.2, 0) is 14.3 Å². The Balaban J connectivity index is 2.12. The lowest BCUT2D eigenvalue weighted by atomic mass is 9.95. The number of hydrogen-bond donors (Lipinski definition) is 2. The Labute approximate surface area is 163 Å². The molecule has 0 aromatic heterocycles. The highest BCUT2D eigenvalue weighted by Gasteiger charge is 2.45. The lowest BCUT2D eigenvalue weighted by Gasteiger charge is -2.25. The molecule has 2 aromatic rings. The number of likely N-dealkylation sites (tertiary alicyclic amines) is 1. The van der Waals surface area contributed by atoms with Gasteiger partial charge >= 0.3 is 0 Å². The van der Waals surface area contributed by atoms with E-state index in [1.54, 1.807) is 31.4 Å². The van der Waals surface area contributed by atoms with Gasteiger partial charge in [0.25, 0.3) is 11.7 Å². The summed E-state index contributed by atoms with van der Waals surface area (Å²) in [5.74, 6) is -1.60. The molecule has 0 unspecified atom stereocenters. The number of nitrogens with zero attached hydrogens (tertiary/aromatic N) is 1. The van der Waals surface area contributed by atoms with Crippen molar-refractivity contribution in [2.75, 3.05) is 20.3 Å². The average molecular weight is 381 g/mol. The number of ether oxygens (including phenoxy) is 1. The number of Topliss-reactive ketones (excluding diaryl/α,β-unsaturated/α-hetero) is 1. The van der Waals surface area contributed by atoms with Crippen LogP contribution >= 0.6 is 0 Å². The number of phenols is 1. The second-order valence-electron chi connectivity index (χ2n) is 6.80. The van der Waals surface area contributed by atoms with Gasteiger partial charge in [0.1, 0.15) is 11.5 Å². The zero-order valence-electron chi connectivity index (χ0n) is 15.9. The quantitative estimate of drug-likeness (QED) is 0.347. The molecule has 1 fully saturated rings. The van der Waals surface area contributed by atoms with Crippen LogP contribution in [0.4, 0.5) is 0 Å². The van der Waals surface area contributed by atoms with E-state index in [0.29, 0.717) is 30.7 Å². The maximum absolute atomic E-state index is 12.8. The first-order chi connectivity index (χ1) is 13.4. The minimum atomic E-state index is -0.773. The SMILES string of the molecule is COCCCN1C(=O)C(=O)C(=C(O)c2ccc(C)cc2)[C@H]1c1cccc(O)c1. The molecule has 1 atom stereocenters. The van der Waals surface area contributed by atoms with Crippen molar-refractivity contribution in [1.29, 1.82) is 0 Å². The van der Waals surface area contributed by atoms with Gasteiger partial charge in [-0.3, -0.25) is 9.59 Å². The van der Waals surface area contributed by atoms with E-state index in [2.05, 4.69) is 0 Å². The van der Waals surface area contributed by atoms with Crippen LogP contribution in [0.3, 0.4) is 0 Å². The van der Waals surface area contributed by atoms with E-state index in [0.717, 1.165) is 5.56 Å². The fourth-order valence-corrected chi connectivity index (χ4v) is 3.40. The summed E-state index contributed by atoms with van der Waals surface area (Å²) in [6, 6.07) is 12.7. The Morgan fingerprint density at radius 3 is 2.50 bits per heavy atom. The normalized spacial score (nSPS) is 18.6. The number of aryl methyl sites for hydroxylation is 1. The van der Waals surface area contributed by atoms with Crippen LogP contribution in [0, 0.1) is 6.92 Å². The summed E-state index contributed by atoms with van der Waals surface area (Å²) < 4.78 is 5.05. The highest BCUT2D eigenvalue weighted by atomic mass is 16.5. The summed E-state index contributed by atoms with van der Waals surface area (Å²) in [5, 5.41) is 20.8. The van der Waals surface area contributed by atoms with Crippen LogP contribution in [0.2, 0.25) is 0 Å². The number of carbonyl (C=O) groups is 2. The van der Waals surface area contributed by atoms with Gasteiger partial charge in [-0.2, -0.15) is 0 Å². The number of phenolic OH excluding ortho intramolecular Hbond substituents is 1. The first-order valence-corrected chi connectivity index (χ1v) is 9.07. The third-order valence-electron chi connectivity index (χ3n) is 4.80. The van der Waals surface area contributed by atoms with Crippen molar-refractivity contribution in [3.05, 3.63) is 70.8 Å². The summed E-state index contributed by atoms with van der Waals surface area (Å²) in [6.45, 7) is 2.66. The number of hydrogen-bond acceptors (Lipinski definition) is 5. The summed E-state index contributed by atoms with van der Waals surface area (Å²) in [7, 11) is 1.57. The number of benzene rings is 2. The van der Waals surface area contributed by atoms with Gasteiger partial charge in [-0.05, 0) is 31.0 Å². The molecule has 1 aliphatic heterocycles. The highest BCUT2D eigenvalue weighted by molar-refractivity contribution is 6.46. The second-order valence-corrected chi connectivity index (χ2v) is 6.80. The number of carbonyl (C=O) groups excluding carboxylic acids is 2. The van der Waals surface area contributed by atoms with Gasteiger partial charge in [-0.25, -0.2) is 0 Å². The zero-order chi connectivity index (χ0) is 20.3. The number of amides is 1. The third-order valence-corrected chi connectivity index (χ3v) is 4.80. The number of ketones is 1. The summed E-state index contributed by atoms with van der Waals surface area (Å²) >= 11 is 0. The van der Waals surface area contributed by atoms with Crippen LogP contribution in [0.1, 0.15) is 29.2 Å². The Bertz CT molecular complexity index is 917. The molecule has 2 aromatic carbocycles. The van der Waals surface area contributed by atoms with E-state index in [1.807, 2.05) is 19.1 Å². The van der Waals surface area contributed by atoms with Crippen LogP contribution in [0.25, 0.3) is 5.76 Å². The monoisotopic (exact) mass is 381 g/mol. The Kier molecular flexibility index (Phi) is 5.80. The molecule has 3 rings (SSSR count). The van der Waals surface area contributed by atoms with Gasteiger partial charge in [0.2, 0.25) is 0 Å². The Morgan fingerprint density at radius 1 is 1.14 bits per heavy atom. The smallest absolute Gasteiger partial charge is 0.295 e. The molecular formula is C22H23NO5. The van der Waals surface area contributed by atoms with E-state index in [-0.39, 0.29) is 17.1 Å². The van der Waals surface area contributed by atoms with E-state index in [1.165, 1.54) is 17.0 Å². The minimum absolute atomic E-state index is 0.0234. The van der Waals surface area contributed by atoms with Crippen molar-refractivity contribution in [3.8, 4) is 5.75 Å². The highest BCUT2D eigenvalue weighted by Crippen LogP contribution is 2.40. The second kappa shape index (κ2) is 8.27. The van der Waals surface area contributed by atoms with Crippen molar-refractivity contribution >= 4 is 17.4 Å². The maximum Gasteiger partial charge on any atom is 0.295 e. The Hall–Kier alpha value is -3.12. The van der Waals surface area contributed by atoms with Gasteiger partial charge in [0, 0.05) is 25.8 Å². The molecule has 0 aliphatic carbocycles. The van der Waals surface area contributed by atoms with Crippen LogP contribution in [0.15, 0.2) is 54.1 Å². The van der Waals surface area contributed by atoms with E-state index < -0.39 is 17.7 Å². The van der Waals surface area contributed by atoms with E-state index in [4.69, 9.17) is 4.74 Å². The van der Waals surface area contributed by atoms with Gasteiger partial charge in [-0.1, -0.05) is 42.0 Å². The number of methoxy groups -OCH3 is 1. The van der Waals surface area contributed by atoms with Crippen LogP contribution < -0.4 is 0 Å². The minimum Gasteiger partial charge on any atom is -0.508 e. The van der Waals surface area contributed by atoms with Gasteiger partial charge < -0.3 is 19.8 Å². The topological polar surface area (TPSA) is 87.1 Å². The van der Waals surface area contributed by atoms with Crippen LogP contribution in [0.5, 0.6) is 5.75 Å². The standard InChI is InChI=1S/C22H23NO5/c1-14-7-9-15(10-8-14)20(25)18-19(16-5-3-6-17(24)13-16)23(11-4-12-28-2)22(27)21(18)26/h3,5-10,13,19,24-25H,4,11-12H2,1-2H3/t19-/m1/s1. The van der Waals surface area contributed by atoms with Gasteiger partial charge in [0.15, 0.2) is 0 Å². The molecule has 0 spiro atoms. The van der Waals surface area contributed by atoms with E-state index in [9.17, 15) is 19.8 Å². The number of rotatable bonds is 6. The summed E-state index contributed by atoms with van der Waals surface area (Å²) in [4.78, 5) is 26.9. The zero-order valence-corrected chi connectivity index (χ0v) is 15.9. The van der Waals surface area contributed by atoms with Crippen LogP contribution in [-0.4, -0.2) is 47.1 Å². The average Bonchev–Trinajstić information content (AvgIpc) is 2.93. The van der Waals surface area contributed by atoms with Crippen molar-refractivity contribution in [2.45, 2.75) is 19.4 Å². The molecule has 1 amide bonds. The van der Waals surface area contributed by atoms with Gasteiger partial charge in [-0.15, -0.1) is 0 Å². The molecular weight excluding hydrogens is 358 g/mol. The van der Waals surface area contributed by atoms with Crippen molar-refractivity contribution in [3.63, 3.8) is 0 Å². The molecule has 0 radical (unpaired) electrons. The summed E-state index contributed by atoms with van der Waals surface area (Å²) in [6.07, 6.45) is 0.545. The number of aromatic hydroxyl groups is 1. The molecule has 146 valence electrons. The molecule has 2 N–H and O–H groups in total. The summed E-state index contributed by atoms with van der Waals surface area (Å²) in [5.41, 5.74) is 2.06. The Morgan fingerprint density at radius 2 is 1.86 bits per heavy atom. The largest absolute Gasteiger partial charge is 0.508 e. The van der Waals surface area contributed by atoms with Crippen molar-refractivity contribution in [1.82, 2.24) is 4.90 Å². The lowest BCUT2D eigenvalue weighted by molar-refractivity contribution is -0.140. The fourth-order valence-electron chi connectivity index (χ4n) is 3.40. The maximum atomic E-state index is 12.8. The van der Waals surface area contributed by atoms with Crippen molar-refractivity contribution < 1.29 is 24.5 Å². The molecule has 6 heteroatoms. The number of aliphatic hydroxyl groups is 1. The third kappa shape index (κ3) is 3.77. The van der Waals surface area contributed by atoms with E-state index >= 15 is 0 Å². The molecule has 28 heavy (non-hydrogen) atoms. The number of aliphatic hydroxyl groups excluding tert-OH is 1. The predicted octanol–water partition coefficient (Wildman–Crippen LogP) is 3.16. The molecule has 1 aliphatic rings. The fraction of sp³-hybridized carbons (Fsp3) is 0.273. The molecule has 6 nitrogen and oxygen atoms in total. The molecule has 0 bridgehead atoms. The molecule has 1 saturated heterocycles. The molecule has 1 heterocycles. The first-order valence-electron chi connectivity index (χ1n) is 9.07. The predicted molar refractivity (Wildman–Crippen MR) is 105 cm³/mol. The first kappa shape index (κ1) is 19.6. The van der Waals surface area contributed by atoms with Crippen molar-refractivity contribution in [2.24, 2.45) is 0 Å². The lowest BCUT2D eigenvalue weighted by Crippen LogP contribution is -2.31.